The number of hydrogen-bond donors (Lipinski definition) is 1. The summed E-state index contributed by atoms with van der Waals surface area (Å²) in [6.45, 7) is 1.18. The highest BCUT2D eigenvalue weighted by molar-refractivity contribution is 9.10. The van der Waals surface area contributed by atoms with E-state index in [4.69, 9.17) is 23.2 Å². The van der Waals surface area contributed by atoms with Crippen molar-refractivity contribution in [3.8, 4) is 0 Å². The zero-order valence-corrected chi connectivity index (χ0v) is 26.5. The molecule has 11 heteroatoms. The minimum atomic E-state index is -4.23. The van der Waals surface area contributed by atoms with E-state index >= 15 is 0 Å². The Kier molecular flexibility index (Phi) is 10.7. The molecule has 0 spiro atoms. The molecule has 1 aliphatic carbocycles. The summed E-state index contributed by atoms with van der Waals surface area (Å²) in [7, 11) is -4.23. The maximum Gasteiger partial charge on any atom is 0.264 e. The van der Waals surface area contributed by atoms with E-state index in [1.165, 1.54) is 29.2 Å². The topological polar surface area (TPSA) is 86.8 Å². The van der Waals surface area contributed by atoms with Crippen LogP contribution in [0, 0.1) is 0 Å². The van der Waals surface area contributed by atoms with Crippen LogP contribution in [0.5, 0.6) is 0 Å². The lowest BCUT2D eigenvalue weighted by atomic mass is 9.95. The number of benzene rings is 3. The van der Waals surface area contributed by atoms with Crippen LogP contribution in [0.3, 0.4) is 0 Å². The fourth-order valence-electron chi connectivity index (χ4n) is 4.85. The Morgan fingerprint density at radius 2 is 1.63 bits per heavy atom. The predicted octanol–water partition coefficient (Wildman–Crippen LogP) is 6.82. The van der Waals surface area contributed by atoms with E-state index in [0.717, 1.165) is 46.4 Å². The molecule has 0 heterocycles. The number of nitrogens with zero attached hydrogens (tertiary/aromatic N) is 2. The average molecular weight is 681 g/mol. The minimum absolute atomic E-state index is 0.00797. The summed E-state index contributed by atoms with van der Waals surface area (Å²) in [5.41, 5.74) is 0.858. The largest absolute Gasteiger partial charge is 0.352 e. The number of halogens is 3. The summed E-state index contributed by atoms with van der Waals surface area (Å²) in [5, 5.41) is 3.47. The number of anilines is 1. The fourth-order valence-corrected chi connectivity index (χ4v) is 6.99. The Bertz CT molecular complexity index is 1470. The molecule has 0 radical (unpaired) electrons. The van der Waals surface area contributed by atoms with Gasteiger partial charge < -0.3 is 10.2 Å². The molecule has 218 valence electrons. The van der Waals surface area contributed by atoms with Crippen molar-refractivity contribution in [1.29, 1.82) is 0 Å². The highest BCUT2D eigenvalue weighted by atomic mass is 79.9. The van der Waals surface area contributed by atoms with Gasteiger partial charge in [-0.3, -0.25) is 13.9 Å². The van der Waals surface area contributed by atoms with Crippen molar-refractivity contribution < 1.29 is 18.0 Å². The van der Waals surface area contributed by atoms with E-state index < -0.39 is 28.5 Å². The predicted molar refractivity (Wildman–Crippen MR) is 167 cm³/mol. The van der Waals surface area contributed by atoms with Gasteiger partial charge in [0.15, 0.2) is 0 Å². The van der Waals surface area contributed by atoms with Crippen molar-refractivity contribution >= 4 is 66.7 Å². The first-order chi connectivity index (χ1) is 19.6. The van der Waals surface area contributed by atoms with Crippen molar-refractivity contribution in [1.82, 2.24) is 10.2 Å². The van der Waals surface area contributed by atoms with E-state index in [1.807, 2.05) is 24.3 Å². The van der Waals surface area contributed by atoms with Crippen molar-refractivity contribution in [2.24, 2.45) is 0 Å². The summed E-state index contributed by atoms with van der Waals surface area (Å²) >= 11 is 16.1. The van der Waals surface area contributed by atoms with Gasteiger partial charge >= 0.3 is 0 Å². The molecule has 4 rings (SSSR count). The quantitative estimate of drug-likeness (QED) is 0.255. The molecule has 7 nitrogen and oxygen atoms in total. The zero-order chi connectivity index (χ0) is 29.6. The molecule has 41 heavy (non-hydrogen) atoms. The highest BCUT2D eigenvalue weighted by Crippen LogP contribution is 2.33. The molecule has 0 bridgehead atoms. The summed E-state index contributed by atoms with van der Waals surface area (Å²) in [6, 6.07) is 18.8. The Morgan fingerprint density at radius 1 is 0.976 bits per heavy atom. The van der Waals surface area contributed by atoms with Crippen LogP contribution in [-0.2, 0) is 26.2 Å². The number of nitrogens with one attached hydrogen (secondary N) is 1. The van der Waals surface area contributed by atoms with Crippen LogP contribution in [-0.4, -0.2) is 43.8 Å². The normalized spacial score (nSPS) is 14.7. The first-order valence-electron chi connectivity index (χ1n) is 13.4. The molecule has 1 fully saturated rings. The van der Waals surface area contributed by atoms with Crippen LogP contribution in [0.2, 0.25) is 10.0 Å². The smallest absolute Gasteiger partial charge is 0.264 e. The first-order valence-corrected chi connectivity index (χ1v) is 16.4. The van der Waals surface area contributed by atoms with Gasteiger partial charge in [-0.2, -0.15) is 0 Å². The van der Waals surface area contributed by atoms with Crippen molar-refractivity contribution in [3.63, 3.8) is 0 Å². The third kappa shape index (κ3) is 8.03. The fraction of sp³-hybridized carbons (Fsp3) is 0.333. The molecule has 3 aromatic carbocycles. The molecule has 1 N–H and O–H groups in total. The molecule has 3 aromatic rings. The van der Waals surface area contributed by atoms with Gasteiger partial charge in [0, 0.05) is 22.1 Å². The van der Waals surface area contributed by atoms with Crippen molar-refractivity contribution in [2.45, 2.75) is 62.6 Å². The first kappa shape index (κ1) is 31.3. The summed E-state index contributed by atoms with van der Waals surface area (Å²) in [4.78, 5) is 28.9. The van der Waals surface area contributed by atoms with Gasteiger partial charge in [0.2, 0.25) is 11.8 Å². The number of carbonyl (C=O) groups is 2. The molecular weight excluding hydrogens is 649 g/mol. The Hall–Kier alpha value is -2.59. The summed E-state index contributed by atoms with van der Waals surface area (Å²) in [6.07, 6.45) is 5.04. The van der Waals surface area contributed by atoms with Crippen LogP contribution in [0.15, 0.2) is 82.2 Å². The van der Waals surface area contributed by atoms with E-state index in [9.17, 15) is 18.0 Å². The van der Waals surface area contributed by atoms with Gasteiger partial charge in [-0.15, -0.1) is 0 Å². The second-order valence-corrected chi connectivity index (χ2v) is 13.7. The van der Waals surface area contributed by atoms with Gasteiger partial charge in [0.05, 0.1) is 15.6 Å². The number of carbonyl (C=O) groups excluding carboxylic acids is 2. The zero-order valence-electron chi connectivity index (χ0n) is 22.6. The number of rotatable bonds is 10. The van der Waals surface area contributed by atoms with E-state index in [2.05, 4.69) is 21.2 Å². The molecule has 1 saturated carbocycles. The van der Waals surface area contributed by atoms with Gasteiger partial charge in [0.25, 0.3) is 10.0 Å². The highest BCUT2D eigenvalue weighted by Gasteiger charge is 2.34. The van der Waals surface area contributed by atoms with Crippen LogP contribution >= 0.6 is 39.1 Å². The molecule has 1 unspecified atom stereocenters. The average Bonchev–Trinajstić information content (AvgIpc) is 2.97. The SMILES string of the molecule is CC(C(=O)NC1CCCCC1)N(Cc1ccc(Br)cc1)C(=O)CN(c1cc(Cl)ccc1Cl)S(=O)(=O)c1ccccc1. The Labute approximate surface area is 260 Å². The minimum Gasteiger partial charge on any atom is -0.352 e. The van der Waals surface area contributed by atoms with E-state index in [1.54, 1.807) is 31.2 Å². The second-order valence-electron chi connectivity index (χ2n) is 10.1. The van der Waals surface area contributed by atoms with Crippen LogP contribution < -0.4 is 9.62 Å². The lowest BCUT2D eigenvalue weighted by molar-refractivity contribution is -0.139. The van der Waals surface area contributed by atoms with E-state index in [-0.39, 0.29) is 39.1 Å². The van der Waals surface area contributed by atoms with Gasteiger partial charge in [-0.05, 0) is 67.8 Å². The second kappa shape index (κ2) is 14.1. The van der Waals surface area contributed by atoms with Crippen LogP contribution in [0.25, 0.3) is 0 Å². The monoisotopic (exact) mass is 679 g/mol. The van der Waals surface area contributed by atoms with Crippen molar-refractivity contribution in [2.75, 3.05) is 10.8 Å². The Balaban J connectivity index is 1.69. The molecule has 0 aromatic heterocycles. The van der Waals surface area contributed by atoms with E-state index in [0.29, 0.717) is 0 Å². The van der Waals surface area contributed by atoms with Gasteiger partial charge in [-0.1, -0.05) is 88.7 Å². The molecule has 1 atom stereocenters. The van der Waals surface area contributed by atoms with Crippen LogP contribution in [0.4, 0.5) is 5.69 Å². The molecule has 2 amide bonds. The number of hydrogen-bond acceptors (Lipinski definition) is 4. The molecular formula is C30H32BrCl2N3O4S. The third-order valence-electron chi connectivity index (χ3n) is 7.17. The lowest BCUT2D eigenvalue weighted by Crippen LogP contribution is -2.53. The maximum atomic E-state index is 14.1. The van der Waals surface area contributed by atoms with Gasteiger partial charge in [-0.25, -0.2) is 8.42 Å². The van der Waals surface area contributed by atoms with Crippen LogP contribution in [0.1, 0.15) is 44.6 Å². The van der Waals surface area contributed by atoms with Gasteiger partial charge in [0.1, 0.15) is 12.6 Å². The molecule has 0 saturated heterocycles. The van der Waals surface area contributed by atoms with Crippen molar-refractivity contribution in [3.05, 3.63) is 92.9 Å². The third-order valence-corrected chi connectivity index (χ3v) is 10.0. The number of amides is 2. The summed E-state index contributed by atoms with van der Waals surface area (Å²) < 4.78 is 29.6. The lowest BCUT2D eigenvalue weighted by Gasteiger charge is -2.33. The Morgan fingerprint density at radius 3 is 2.29 bits per heavy atom. The summed E-state index contributed by atoms with van der Waals surface area (Å²) in [5.74, 6) is -0.838. The maximum absolute atomic E-state index is 14.1. The standard InChI is InChI=1S/C30H32BrCl2N3O4S/c1-21(30(38)34-25-8-4-2-5-9-25)35(19-22-12-14-23(31)15-13-22)29(37)20-36(28-18-24(32)16-17-27(28)33)41(39,40)26-10-6-3-7-11-26/h3,6-7,10-18,21,25H,2,4-5,8-9,19-20H2,1H3,(H,34,38). The number of sulfonamides is 1. The molecule has 0 aliphatic heterocycles. The molecule has 1 aliphatic rings.